The highest BCUT2D eigenvalue weighted by Crippen LogP contribution is 2.31. The Morgan fingerprint density at radius 3 is 2.76 bits per heavy atom. The maximum atomic E-state index is 12.3. The van der Waals surface area contributed by atoms with Crippen LogP contribution in [-0.2, 0) is 0 Å². The summed E-state index contributed by atoms with van der Waals surface area (Å²) in [6.45, 7) is 8.74. The largest absolute Gasteiger partial charge is 0.385 e. The molecule has 0 spiro atoms. The van der Waals surface area contributed by atoms with E-state index >= 15 is 0 Å². The van der Waals surface area contributed by atoms with Gasteiger partial charge in [-0.05, 0) is 44.2 Å². The highest BCUT2D eigenvalue weighted by molar-refractivity contribution is 5.93. The van der Waals surface area contributed by atoms with Crippen LogP contribution in [0.15, 0.2) is 18.3 Å². The third-order valence-corrected chi connectivity index (χ3v) is 4.64. The van der Waals surface area contributed by atoms with E-state index in [1.807, 2.05) is 26.0 Å². The van der Waals surface area contributed by atoms with Gasteiger partial charge in [0.15, 0.2) is 0 Å². The van der Waals surface area contributed by atoms with Gasteiger partial charge in [-0.2, -0.15) is 0 Å². The van der Waals surface area contributed by atoms with Crippen LogP contribution < -0.4 is 5.32 Å². The minimum Gasteiger partial charge on any atom is -0.385 e. The summed E-state index contributed by atoms with van der Waals surface area (Å²) in [6.07, 6.45) is 5.71. The first-order valence-corrected chi connectivity index (χ1v) is 8.14. The Hall–Kier alpha value is -1.58. The molecule has 0 bridgehead atoms. The van der Waals surface area contributed by atoms with Gasteiger partial charge in [0, 0.05) is 31.5 Å². The summed E-state index contributed by atoms with van der Waals surface area (Å²) in [5, 5.41) is 3.48. The monoisotopic (exact) mass is 289 g/mol. The van der Waals surface area contributed by atoms with Gasteiger partial charge < -0.3 is 10.2 Å². The number of aromatic nitrogens is 1. The van der Waals surface area contributed by atoms with Crippen molar-refractivity contribution in [3.8, 4) is 0 Å². The van der Waals surface area contributed by atoms with Crippen molar-refractivity contribution >= 4 is 11.6 Å². The molecule has 1 heterocycles. The molecule has 0 saturated heterocycles. The van der Waals surface area contributed by atoms with Crippen LogP contribution in [0.25, 0.3) is 0 Å². The summed E-state index contributed by atoms with van der Waals surface area (Å²) in [5.74, 6) is 1.56. The number of anilines is 1. The fraction of sp³-hybridized carbons (Fsp3) is 0.647. The molecule has 1 aliphatic rings. The second-order valence-electron chi connectivity index (χ2n) is 5.96. The molecule has 4 nitrogen and oxygen atoms in total. The summed E-state index contributed by atoms with van der Waals surface area (Å²) < 4.78 is 0. The standard InChI is InChI=1S/C17H27N3O/c1-4-20(5-2)17(21)16-11-15(9-10-18-16)19-12-14-8-6-7-13(14)3/h9-11,13-14H,4-8,12H2,1-3H3,(H,18,19). The van der Waals surface area contributed by atoms with Crippen LogP contribution in [0.2, 0.25) is 0 Å². The van der Waals surface area contributed by atoms with Crippen molar-refractivity contribution in [2.24, 2.45) is 11.8 Å². The molecule has 0 radical (unpaired) electrons. The van der Waals surface area contributed by atoms with Crippen LogP contribution in [0.4, 0.5) is 5.69 Å². The number of nitrogens with zero attached hydrogens (tertiary/aromatic N) is 2. The third-order valence-electron chi connectivity index (χ3n) is 4.64. The van der Waals surface area contributed by atoms with E-state index in [4.69, 9.17) is 0 Å². The van der Waals surface area contributed by atoms with E-state index in [0.29, 0.717) is 18.8 Å². The molecule has 1 aromatic heterocycles. The van der Waals surface area contributed by atoms with Gasteiger partial charge in [0.05, 0.1) is 0 Å². The summed E-state index contributed by atoms with van der Waals surface area (Å²) in [4.78, 5) is 18.3. The van der Waals surface area contributed by atoms with Gasteiger partial charge in [0.2, 0.25) is 0 Å². The minimum absolute atomic E-state index is 0.0119. The average molecular weight is 289 g/mol. The molecule has 0 aliphatic heterocycles. The van der Waals surface area contributed by atoms with Crippen molar-refractivity contribution in [1.29, 1.82) is 0 Å². The number of nitrogens with one attached hydrogen (secondary N) is 1. The average Bonchev–Trinajstić information content (AvgIpc) is 2.92. The highest BCUT2D eigenvalue weighted by atomic mass is 16.2. The number of carbonyl (C=O) groups excluding carboxylic acids is 1. The van der Waals surface area contributed by atoms with E-state index in [9.17, 15) is 4.79 Å². The van der Waals surface area contributed by atoms with E-state index in [2.05, 4.69) is 17.2 Å². The zero-order valence-electron chi connectivity index (χ0n) is 13.4. The van der Waals surface area contributed by atoms with E-state index in [0.717, 1.165) is 24.1 Å². The van der Waals surface area contributed by atoms with Crippen LogP contribution in [0.1, 0.15) is 50.5 Å². The Labute approximate surface area is 127 Å². The molecule has 1 aromatic rings. The first kappa shape index (κ1) is 15.8. The van der Waals surface area contributed by atoms with Crippen LogP contribution in [0.3, 0.4) is 0 Å². The van der Waals surface area contributed by atoms with Gasteiger partial charge in [0.25, 0.3) is 5.91 Å². The van der Waals surface area contributed by atoms with Gasteiger partial charge in [0.1, 0.15) is 5.69 Å². The molecule has 2 unspecified atom stereocenters. The smallest absolute Gasteiger partial charge is 0.272 e. The predicted molar refractivity (Wildman–Crippen MR) is 86.5 cm³/mol. The van der Waals surface area contributed by atoms with Crippen molar-refractivity contribution in [1.82, 2.24) is 9.88 Å². The molecular formula is C17H27N3O. The summed E-state index contributed by atoms with van der Waals surface area (Å²) in [5.41, 5.74) is 1.53. The number of pyridine rings is 1. The highest BCUT2D eigenvalue weighted by Gasteiger charge is 2.23. The molecule has 1 N–H and O–H groups in total. The molecule has 21 heavy (non-hydrogen) atoms. The Kier molecular flexibility index (Phi) is 5.59. The molecule has 2 rings (SSSR count). The second kappa shape index (κ2) is 7.43. The van der Waals surface area contributed by atoms with Crippen LogP contribution in [-0.4, -0.2) is 35.4 Å². The second-order valence-corrected chi connectivity index (χ2v) is 5.96. The van der Waals surface area contributed by atoms with Gasteiger partial charge in [-0.1, -0.05) is 19.8 Å². The lowest BCUT2D eigenvalue weighted by atomic mass is 9.98. The van der Waals surface area contributed by atoms with Gasteiger partial charge in [-0.15, -0.1) is 0 Å². The molecule has 0 aromatic carbocycles. The molecule has 2 atom stereocenters. The van der Waals surface area contributed by atoms with Crippen molar-refractivity contribution in [3.05, 3.63) is 24.0 Å². The molecule has 4 heteroatoms. The van der Waals surface area contributed by atoms with E-state index in [1.165, 1.54) is 19.3 Å². The summed E-state index contributed by atoms with van der Waals surface area (Å²) in [7, 11) is 0. The van der Waals surface area contributed by atoms with Crippen molar-refractivity contribution in [2.45, 2.75) is 40.0 Å². The zero-order chi connectivity index (χ0) is 15.2. The predicted octanol–water partition coefficient (Wildman–Crippen LogP) is 3.41. The van der Waals surface area contributed by atoms with Gasteiger partial charge in [-0.25, -0.2) is 0 Å². The van der Waals surface area contributed by atoms with E-state index < -0.39 is 0 Å². The Morgan fingerprint density at radius 2 is 2.14 bits per heavy atom. The number of hydrogen-bond acceptors (Lipinski definition) is 3. The zero-order valence-corrected chi connectivity index (χ0v) is 13.4. The summed E-state index contributed by atoms with van der Waals surface area (Å²) in [6, 6.07) is 3.82. The lowest BCUT2D eigenvalue weighted by Gasteiger charge is -2.19. The number of amides is 1. The lowest BCUT2D eigenvalue weighted by molar-refractivity contribution is 0.0767. The third kappa shape index (κ3) is 3.96. The Morgan fingerprint density at radius 1 is 1.38 bits per heavy atom. The van der Waals surface area contributed by atoms with Gasteiger partial charge >= 0.3 is 0 Å². The topological polar surface area (TPSA) is 45.2 Å². The van der Waals surface area contributed by atoms with Crippen molar-refractivity contribution in [2.75, 3.05) is 25.0 Å². The quantitative estimate of drug-likeness (QED) is 0.873. The van der Waals surface area contributed by atoms with E-state index in [-0.39, 0.29) is 5.91 Å². The fourth-order valence-electron chi connectivity index (χ4n) is 3.10. The normalized spacial score (nSPS) is 21.3. The molecule has 1 amide bonds. The molecular weight excluding hydrogens is 262 g/mol. The molecule has 1 fully saturated rings. The number of carbonyl (C=O) groups is 1. The summed E-state index contributed by atoms with van der Waals surface area (Å²) >= 11 is 0. The molecule has 1 aliphatic carbocycles. The van der Waals surface area contributed by atoms with Gasteiger partial charge in [-0.3, -0.25) is 9.78 Å². The molecule has 1 saturated carbocycles. The molecule has 116 valence electrons. The first-order chi connectivity index (χ1) is 10.2. The fourth-order valence-corrected chi connectivity index (χ4v) is 3.10. The minimum atomic E-state index is 0.0119. The Bertz CT molecular complexity index is 471. The Balaban J connectivity index is 1.98. The number of rotatable bonds is 6. The van der Waals surface area contributed by atoms with Crippen molar-refractivity contribution in [3.63, 3.8) is 0 Å². The number of hydrogen-bond donors (Lipinski definition) is 1. The SMILES string of the molecule is CCN(CC)C(=O)c1cc(NCC2CCCC2C)ccn1. The van der Waals surface area contributed by atoms with Crippen molar-refractivity contribution < 1.29 is 4.79 Å². The van der Waals surface area contributed by atoms with Crippen LogP contribution >= 0.6 is 0 Å². The first-order valence-electron chi connectivity index (χ1n) is 8.14. The van der Waals surface area contributed by atoms with E-state index in [1.54, 1.807) is 11.1 Å². The van der Waals surface area contributed by atoms with Crippen LogP contribution in [0, 0.1) is 11.8 Å². The lowest BCUT2D eigenvalue weighted by Crippen LogP contribution is -2.31. The maximum absolute atomic E-state index is 12.3. The maximum Gasteiger partial charge on any atom is 0.272 e. The van der Waals surface area contributed by atoms with Crippen LogP contribution in [0.5, 0.6) is 0 Å².